The molecule has 0 aliphatic heterocycles. The second-order valence-corrected chi connectivity index (χ2v) is 17.9. The van der Waals surface area contributed by atoms with Gasteiger partial charge in [-0.25, -0.2) is 0 Å². The van der Waals surface area contributed by atoms with E-state index in [1.54, 1.807) is 0 Å². The van der Waals surface area contributed by atoms with Crippen molar-refractivity contribution in [2.75, 3.05) is 6.61 Å². The number of esters is 1. The fourth-order valence-electron chi connectivity index (χ4n) is 8.17. The van der Waals surface area contributed by atoms with Crippen molar-refractivity contribution < 1.29 is 9.53 Å². The molecule has 0 aromatic carbocycles. The van der Waals surface area contributed by atoms with Gasteiger partial charge in [0.05, 0.1) is 6.61 Å². The summed E-state index contributed by atoms with van der Waals surface area (Å²) < 4.78 is 5.48. The van der Waals surface area contributed by atoms with Gasteiger partial charge in [-0.15, -0.1) is 0 Å². The molecule has 0 aliphatic carbocycles. The highest BCUT2D eigenvalue weighted by Gasteiger charge is 2.03. The fraction of sp³-hybridized carbons (Fsp3) is 0.907. The van der Waals surface area contributed by atoms with Crippen LogP contribution in [-0.4, -0.2) is 12.6 Å². The van der Waals surface area contributed by atoms with Crippen LogP contribution in [0.15, 0.2) is 24.3 Å². The highest BCUT2D eigenvalue weighted by atomic mass is 16.5. The maximum atomic E-state index is 12.0. The van der Waals surface area contributed by atoms with Crippen molar-refractivity contribution in [1.82, 2.24) is 0 Å². The third-order valence-corrected chi connectivity index (χ3v) is 12.1. The molecule has 0 rings (SSSR count). The van der Waals surface area contributed by atoms with Crippen LogP contribution >= 0.6 is 0 Å². The van der Waals surface area contributed by atoms with E-state index in [-0.39, 0.29) is 5.97 Å². The fourth-order valence-corrected chi connectivity index (χ4v) is 8.17. The first-order valence-corrected chi connectivity index (χ1v) is 26.3. The Labute approximate surface area is 354 Å². The number of hydrogen-bond donors (Lipinski definition) is 0. The molecule has 0 spiro atoms. The summed E-state index contributed by atoms with van der Waals surface area (Å²) in [6.07, 6.45) is 71.9. The second-order valence-electron chi connectivity index (χ2n) is 17.9. The van der Waals surface area contributed by atoms with Crippen LogP contribution in [0.5, 0.6) is 0 Å². The highest BCUT2D eigenvalue weighted by molar-refractivity contribution is 5.69. The van der Waals surface area contributed by atoms with Crippen LogP contribution in [0.25, 0.3) is 0 Å². The van der Waals surface area contributed by atoms with Crippen LogP contribution < -0.4 is 0 Å². The van der Waals surface area contributed by atoms with E-state index >= 15 is 0 Å². The SMILES string of the molecule is CCCCC/C=C\C/C=C\CCCCCCCCOC(=O)CCCCCCCCCCCCCCCCCCCCCCCCCCCCCCCCCCC. The first-order valence-electron chi connectivity index (χ1n) is 26.3. The zero-order chi connectivity index (χ0) is 40.3. The number of allylic oxidation sites excluding steroid dienone is 4. The molecule has 0 aromatic heterocycles. The molecular weight excluding hydrogens is 681 g/mol. The Bertz CT molecular complexity index is 768. The predicted molar refractivity (Wildman–Crippen MR) is 253 cm³/mol. The molecule has 332 valence electrons. The van der Waals surface area contributed by atoms with E-state index in [1.807, 2.05) is 0 Å². The zero-order valence-corrected chi connectivity index (χ0v) is 38.9. The van der Waals surface area contributed by atoms with E-state index in [0.29, 0.717) is 13.0 Å². The number of carbonyl (C=O) groups is 1. The maximum absolute atomic E-state index is 12.0. The normalized spacial score (nSPS) is 11.8. The first kappa shape index (κ1) is 55.0. The zero-order valence-electron chi connectivity index (χ0n) is 38.9. The van der Waals surface area contributed by atoms with Gasteiger partial charge in [0.1, 0.15) is 0 Å². The topological polar surface area (TPSA) is 26.3 Å². The standard InChI is InChI=1S/C54H104O2/c1-3-5-7-9-11-13-15-17-19-21-22-23-24-25-26-27-28-29-30-31-32-33-34-35-36-37-38-40-42-44-46-48-50-52-54(55)56-53-51-49-47-45-43-41-39-20-18-16-14-12-10-8-6-4-2/h12,14,18,20H,3-11,13,15-17,19,21-53H2,1-2H3/b14-12-,20-18-. The quantitative estimate of drug-likeness (QED) is 0.0349. The van der Waals surface area contributed by atoms with E-state index in [2.05, 4.69) is 38.2 Å². The molecule has 0 amide bonds. The number of carbonyl (C=O) groups excluding carboxylic acids is 1. The Hall–Kier alpha value is -1.05. The molecule has 0 fully saturated rings. The molecule has 2 heteroatoms. The van der Waals surface area contributed by atoms with Gasteiger partial charge in [-0.1, -0.05) is 282 Å². The molecule has 2 nitrogen and oxygen atoms in total. The summed E-state index contributed by atoms with van der Waals surface area (Å²) in [7, 11) is 0. The van der Waals surface area contributed by atoms with E-state index < -0.39 is 0 Å². The van der Waals surface area contributed by atoms with Crippen molar-refractivity contribution in [1.29, 1.82) is 0 Å². The maximum Gasteiger partial charge on any atom is 0.305 e. The van der Waals surface area contributed by atoms with Gasteiger partial charge in [-0.3, -0.25) is 4.79 Å². The Balaban J connectivity index is 3.16. The van der Waals surface area contributed by atoms with Crippen molar-refractivity contribution in [3.63, 3.8) is 0 Å². The Morgan fingerprint density at radius 2 is 0.554 bits per heavy atom. The number of unbranched alkanes of at least 4 members (excludes halogenated alkanes) is 41. The monoisotopic (exact) mass is 785 g/mol. The minimum absolute atomic E-state index is 0.0216. The first-order chi connectivity index (χ1) is 27.8. The smallest absolute Gasteiger partial charge is 0.305 e. The minimum atomic E-state index is 0.0216. The van der Waals surface area contributed by atoms with Gasteiger partial charge in [0.25, 0.3) is 0 Å². The minimum Gasteiger partial charge on any atom is -0.466 e. The van der Waals surface area contributed by atoms with Crippen molar-refractivity contribution in [3.8, 4) is 0 Å². The average Bonchev–Trinajstić information content (AvgIpc) is 3.20. The van der Waals surface area contributed by atoms with Gasteiger partial charge < -0.3 is 4.74 Å². The summed E-state index contributed by atoms with van der Waals surface area (Å²) in [5.41, 5.74) is 0. The second kappa shape index (κ2) is 52.0. The average molecular weight is 785 g/mol. The number of rotatable bonds is 49. The van der Waals surface area contributed by atoms with Crippen LogP contribution in [0.2, 0.25) is 0 Å². The van der Waals surface area contributed by atoms with Gasteiger partial charge in [0.2, 0.25) is 0 Å². The van der Waals surface area contributed by atoms with Crippen LogP contribution in [0, 0.1) is 0 Å². The Morgan fingerprint density at radius 3 is 0.893 bits per heavy atom. The molecule has 56 heavy (non-hydrogen) atoms. The molecule has 0 saturated heterocycles. The van der Waals surface area contributed by atoms with Crippen LogP contribution in [0.1, 0.15) is 309 Å². The lowest BCUT2D eigenvalue weighted by molar-refractivity contribution is -0.143. The third-order valence-electron chi connectivity index (χ3n) is 12.1. The van der Waals surface area contributed by atoms with Crippen molar-refractivity contribution >= 4 is 5.97 Å². The third kappa shape index (κ3) is 51.0. The van der Waals surface area contributed by atoms with E-state index in [0.717, 1.165) is 19.3 Å². The van der Waals surface area contributed by atoms with Crippen LogP contribution in [-0.2, 0) is 9.53 Å². The number of hydrogen-bond acceptors (Lipinski definition) is 2. The van der Waals surface area contributed by atoms with Crippen LogP contribution in [0.4, 0.5) is 0 Å². The highest BCUT2D eigenvalue weighted by Crippen LogP contribution is 2.17. The molecule has 0 saturated carbocycles. The summed E-state index contributed by atoms with van der Waals surface area (Å²) in [5, 5.41) is 0. The van der Waals surface area contributed by atoms with Crippen LogP contribution in [0.3, 0.4) is 0 Å². The lowest BCUT2D eigenvalue weighted by atomic mass is 10.0. The number of ether oxygens (including phenoxy) is 1. The van der Waals surface area contributed by atoms with Gasteiger partial charge in [-0.05, 0) is 44.9 Å². The Kier molecular flexibility index (Phi) is 51.0. The lowest BCUT2D eigenvalue weighted by Gasteiger charge is -2.06. The molecule has 0 N–H and O–H groups in total. The molecule has 0 aliphatic rings. The molecule has 0 radical (unpaired) electrons. The molecule has 0 aromatic rings. The molecule has 0 bridgehead atoms. The molecule has 0 atom stereocenters. The van der Waals surface area contributed by atoms with Crippen molar-refractivity contribution in [2.45, 2.75) is 309 Å². The molecular formula is C54H104O2. The van der Waals surface area contributed by atoms with E-state index in [9.17, 15) is 4.79 Å². The summed E-state index contributed by atoms with van der Waals surface area (Å²) in [5.74, 6) is 0.0216. The summed E-state index contributed by atoms with van der Waals surface area (Å²) in [4.78, 5) is 12.0. The van der Waals surface area contributed by atoms with E-state index in [4.69, 9.17) is 4.74 Å². The Morgan fingerprint density at radius 1 is 0.304 bits per heavy atom. The van der Waals surface area contributed by atoms with Crippen molar-refractivity contribution in [3.05, 3.63) is 24.3 Å². The van der Waals surface area contributed by atoms with E-state index in [1.165, 1.54) is 270 Å². The van der Waals surface area contributed by atoms with Gasteiger partial charge in [0, 0.05) is 6.42 Å². The summed E-state index contributed by atoms with van der Waals surface area (Å²) in [6, 6.07) is 0. The van der Waals surface area contributed by atoms with Gasteiger partial charge in [-0.2, -0.15) is 0 Å². The molecule has 0 unspecified atom stereocenters. The molecule has 0 heterocycles. The van der Waals surface area contributed by atoms with Gasteiger partial charge >= 0.3 is 5.97 Å². The van der Waals surface area contributed by atoms with Gasteiger partial charge in [0.15, 0.2) is 0 Å². The summed E-state index contributed by atoms with van der Waals surface area (Å²) >= 11 is 0. The predicted octanol–water partition coefficient (Wildman–Crippen LogP) is 19.6. The largest absolute Gasteiger partial charge is 0.466 e. The van der Waals surface area contributed by atoms with Crippen molar-refractivity contribution in [2.24, 2.45) is 0 Å². The lowest BCUT2D eigenvalue weighted by Crippen LogP contribution is -2.05. The summed E-state index contributed by atoms with van der Waals surface area (Å²) in [6.45, 7) is 5.19.